The summed E-state index contributed by atoms with van der Waals surface area (Å²) >= 11 is 1.38. The van der Waals surface area contributed by atoms with Crippen molar-refractivity contribution in [2.75, 3.05) is 5.75 Å². The number of benzene rings is 2. The molecule has 0 aliphatic heterocycles. The van der Waals surface area contributed by atoms with Gasteiger partial charge >= 0.3 is 0 Å². The van der Waals surface area contributed by atoms with E-state index in [1.165, 1.54) is 35.7 Å². The van der Waals surface area contributed by atoms with E-state index < -0.39 is 0 Å². The van der Waals surface area contributed by atoms with E-state index in [9.17, 15) is 4.79 Å². The normalized spacial score (nSPS) is 13.4. The number of carbonyl (C=O) groups is 1. The molecular formula is C21H22N4OS. The predicted molar refractivity (Wildman–Crippen MR) is 107 cm³/mol. The van der Waals surface area contributed by atoms with Crippen LogP contribution >= 0.6 is 11.8 Å². The fourth-order valence-electron chi connectivity index (χ4n) is 3.67. The van der Waals surface area contributed by atoms with Crippen LogP contribution in [-0.2, 0) is 12.8 Å². The minimum absolute atomic E-state index is 0.115. The van der Waals surface area contributed by atoms with Crippen molar-refractivity contribution in [1.29, 1.82) is 0 Å². The predicted octanol–water partition coefficient (Wildman–Crippen LogP) is 4.13. The molecule has 0 radical (unpaired) electrons. The summed E-state index contributed by atoms with van der Waals surface area (Å²) in [7, 11) is 0. The number of thioether (sulfide) groups is 1. The number of aryl methyl sites for hydroxylation is 4. The minimum Gasteiger partial charge on any atom is -0.293 e. The van der Waals surface area contributed by atoms with E-state index in [1.807, 2.05) is 38.1 Å². The van der Waals surface area contributed by atoms with Crippen LogP contribution in [0.15, 0.2) is 41.6 Å². The van der Waals surface area contributed by atoms with E-state index in [4.69, 9.17) is 0 Å². The molecule has 4 rings (SSSR count). The molecule has 1 aliphatic rings. The monoisotopic (exact) mass is 378 g/mol. The number of nitrogens with zero attached hydrogens (tertiary/aromatic N) is 4. The minimum atomic E-state index is 0.115. The van der Waals surface area contributed by atoms with Crippen molar-refractivity contribution in [2.45, 2.75) is 44.7 Å². The first-order chi connectivity index (χ1) is 13.1. The molecule has 0 atom stereocenters. The van der Waals surface area contributed by atoms with Gasteiger partial charge in [-0.1, -0.05) is 42.1 Å². The zero-order valence-corrected chi connectivity index (χ0v) is 16.4. The van der Waals surface area contributed by atoms with E-state index in [0.29, 0.717) is 10.9 Å². The van der Waals surface area contributed by atoms with Crippen molar-refractivity contribution >= 4 is 17.5 Å². The Hall–Kier alpha value is -2.47. The van der Waals surface area contributed by atoms with Gasteiger partial charge in [0, 0.05) is 5.56 Å². The molecule has 1 aliphatic carbocycles. The first-order valence-corrected chi connectivity index (χ1v) is 10.2. The molecule has 1 heterocycles. The molecule has 0 amide bonds. The van der Waals surface area contributed by atoms with Crippen molar-refractivity contribution in [3.05, 3.63) is 64.2 Å². The highest BCUT2D eigenvalue weighted by molar-refractivity contribution is 7.99. The third-order valence-corrected chi connectivity index (χ3v) is 6.01. The van der Waals surface area contributed by atoms with Gasteiger partial charge in [-0.25, -0.2) is 0 Å². The molecule has 27 heavy (non-hydrogen) atoms. The second kappa shape index (κ2) is 7.64. The molecule has 0 bridgehead atoms. The van der Waals surface area contributed by atoms with Crippen LogP contribution in [0.3, 0.4) is 0 Å². The Balaban J connectivity index is 1.52. The molecule has 0 unspecified atom stereocenters. The van der Waals surface area contributed by atoms with Gasteiger partial charge in [0.1, 0.15) is 0 Å². The Kier molecular flexibility index (Phi) is 5.07. The number of hydrogen-bond acceptors (Lipinski definition) is 5. The van der Waals surface area contributed by atoms with Crippen molar-refractivity contribution in [3.63, 3.8) is 0 Å². The fourth-order valence-corrected chi connectivity index (χ4v) is 4.44. The van der Waals surface area contributed by atoms with Crippen molar-refractivity contribution in [1.82, 2.24) is 20.2 Å². The Bertz CT molecular complexity index is 975. The third kappa shape index (κ3) is 3.67. The van der Waals surface area contributed by atoms with E-state index in [1.54, 1.807) is 4.68 Å². The number of carbonyl (C=O) groups excluding carboxylic acids is 1. The maximum atomic E-state index is 12.7. The van der Waals surface area contributed by atoms with Gasteiger partial charge in [0.15, 0.2) is 5.78 Å². The Labute approximate surface area is 163 Å². The summed E-state index contributed by atoms with van der Waals surface area (Å²) in [6.07, 6.45) is 4.67. The number of ketones is 1. The average Bonchev–Trinajstić information content (AvgIpc) is 3.13. The van der Waals surface area contributed by atoms with E-state index in [0.717, 1.165) is 35.2 Å². The van der Waals surface area contributed by atoms with E-state index in [-0.39, 0.29) is 5.78 Å². The lowest BCUT2D eigenvalue weighted by molar-refractivity contribution is 0.102. The maximum Gasteiger partial charge on any atom is 0.214 e. The SMILES string of the molecule is Cc1cccc(C)c1-n1nnnc1SCC(=O)c1ccc2c(c1)CCCC2. The highest BCUT2D eigenvalue weighted by Gasteiger charge is 2.17. The lowest BCUT2D eigenvalue weighted by atomic mass is 9.90. The Morgan fingerprint density at radius 1 is 1.07 bits per heavy atom. The average molecular weight is 379 g/mol. The third-order valence-electron chi connectivity index (χ3n) is 5.10. The zero-order chi connectivity index (χ0) is 18.8. The van der Waals surface area contributed by atoms with Gasteiger partial charge in [-0.15, -0.1) is 5.10 Å². The number of para-hydroxylation sites is 1. The van der Waals surface area contributed by atoms with Gasteiger partial charge in [-0.3, -0.25) is 4.79 Å². The van der Waals surface area contributed by atoms with Crippen LogP contribution < -0.4 is 0 Å². The fraction of sp³-hybridized carbons (Fsp3) is 0.333. The topological polar surface area (TPSA) is 60.7 Å². The maximum absolute atomic E-state index is 12.7. The number of hydrogen-bond donors (Lipinski definition) is 0. The molecule has 0 spiro atoms. The number of aromatic nitrogens is 4. The number of fused-ring (bicyclic) bond motifs is 1. The molecule has 0 fully saturated rings. The summed E-state index contributed by atoms with van der Waals surface area (Å²) in [4.78, 5) is 12.7. The molecular weight excluding hydrogens is 356 g/mol. The first kappa shape index (κ1) is 17.9. The summed E-state index contributed by atoms with van der Waals surface area (Å²) < 4.78 is 1.73. The molecule has 6 heteroatoms. The Morgan fingerprint density at radius 2 is 1.81 bits per heavy atom. The molecule has 0 saturated heterocycles. The molecule has 138 valence electrons. The van der Waals surface area contributed by atoms with Crippen LogP contribution in [0.5, 0.6) is 0 Å². The highest BCUT2D eigenvalue weighted by Crippen LogP contribution is 2.26. The van der Waals surface area contributed by atoms with Gasteiger partial charge in [0.25, 0.3) is 0 Å². The van der Waals surface area contributed by atoms with E-state index >= 15 is 0 Å². The molecule has 0 saturated carbocycles. The van der Waals surface area contributed by atoms with Crippen LogP contribution in [0, 0.1) is 13.8 Å². The summed E-state index contributed by atoms with van der Waals surface area (Å²) in [6.45, 7) is 4.08. The van der Waals surface area contributed by atoms with Gasteiger partial charge in [-0.05, 0) is 78.3 Å². The quantitative estimate of drug-likeness (QED) is 0.493. The van der Waals surface area contributed by atoms with Crippen LogP contribution in [-0.4, -0.2) is 31.7 Å². The second-order valence-electron chi connectivity index (χ2n) is 7.02. The largest absolute Gasteiger partial charge is 0.293 e. The summed E-state index contributed by atoms with van der Waals surface area (Å²) in [5.74, 6) is 0.439. The molecule has 3 aromatic rings. The summed E-state index contributed by atoms with van der Waals surface area (Å²) in [6, 6.07) is 12.2. The van der Waals surface area contributed by atoms with E-state index in [2.05, 4.69) is 27.7 Å². The Morgan fingerprint density at radius 3 is 2.59 bits per heavy atom. The van der Waals surface area contributed by atoms with Crippen molar-refractivity contribution in [3.8, 4) is 5.69 Å². The number of Topliss-reactive ketones (excluding diaryl/α,β-unsaturated/α-hetero) is 1. The molecule has 5 nitrogen and oxygen atoms in total. The van der Waals surface area contributed by atoms with Gasteiger partial charge in [0.05, 0.1) is 11.4 Å². The molecule has 1 aromatic heterocycles. The van der Waals surface area contributed by atoms with Crippen molar-refractivity contribution in [2.24, 2.45) is 0 Å². The van der Waals surface area contributed by atoms with Crippen LogP contribution in [0.1, 0.15) is 45.5 Å². The number of rotatable bonds is 5. The van der Waals surface area contributed by atoms with Crippen LogP contribution in [0.25, 0.3) is 5.69 Å². The second-order valence-corrected chi connectivity index (χ2v) is 7.96. The lowest BCUT2D eigenvalue weighted by Gasteiger charge is -2.16. The summed E-state index contributed by atoms with van der Waals surface area (Å²) in [5.41, 5.74) is 6.69. The highest BCUT2D eigenvalue weighted by atomic mass is 32.2. The van der Waals surface area contributed by atoms with Crippen LogP contribution in [0.4, 0.5) is 0 Å². The van der Waals surface area contributed by atoms with Crippen LogP contribution in [0.2, 0.25) is 0 Å². The van der Waals surface area contributed by atoms with Gasteiger partial charge < -0.3 is 0 Å². The number of tetrazole rings is 1. The first-order valence-electron chi connectivity index (χ1n) is 9.26. The van der Waals surface area contributed by atoms with Gasteiger partial charge in [0.2, 0.25) is 5.16 Å². The standard InChI is InChI=1S/C21H22N4OS/c1-14-6-5-7-15(2)20(14)25-21(22-23-24-25)27-13-19(26)18-11-10-16-8-3-4-9-17(16)12-18/h5-7,10-12H,3-4,8-9,13H2,1-2H3. The van der Waals surface area contributed by atoms with Gasteiger partial charge in [-0.2, -0.15) is 4.68 Å². The smallest absolute Gasteiger partial charge is 0.214 e. The lowest BCUT2D eigenvalue weighted by Crippen LogP contribution is -2.09. The zero-order valence-electron chi connectivity index (χ0n) is 15.6. The summed E-state index contributed by atoms with van der Waals surface area (Å²) in [5, 5.41) is 12.7. The van der Waals surface area contributed by atoms with Crippen molar-refractivity contribution < 1.29 is 4.79 Å². The molecule has 2 aromatic carbocycles. The molecule has 0 N–H and O–H groups in total.